The molecule has 1 atom stereocenters. The molecule has 1 aliphatic heterocycles. The third kappa shape index (κ3) is 3.96. The first-order valence-electron chi connectivity index (χ1n) is 10.6. The van der Waals surface area contributed by atoms with Crippen LogP contribution < -0.4 is 4.90 Å². The van der Waals surface area contributed by atoms with E-state index < -0.39 is 11.5 Å². The Balaban J connectivity index is 1.62. The first-order chi connectivity index (χ1) is 15.1. The highest BCUT2D eigenvalue weighted by Crippen LogP contribution is 2.43. The summed E-state index contributed by atoms with van der Waals surface area (Å²) in [4.78, 5) is 27.9. The number of halogens is 1. The molecule has 0 bridgehead atoms. The molecule has 32 heavy (non-hydrogen) atoms. The number of para-hydroxylation sites is 1. The van der Waals surface area contributed by atoms with Crippen LogP contribution in [0, 0.1) is 5.82 Å². The lowest BCUT2D eigenvalue weighted by Crippen LogP contribution is -2.41. The molecule has 1 amide bonds. The van der Waals surface area contributed by atoms with E-state index in [0.29, 0.717) is 16.8 Å². The zero-order chi connectivity index (χ0) is 23.1. The number of rotatable bonds is 5. The van der Waals surface area contributed by atoms with Crippen LogP contribution in [-0.2, 0) is 22.4 Å². The van der Waals surface area contributed by atoms with Crippen molar-refractivity contribution in [1.82, 2.24) is 0 Å². The van der Waals surface area contributed by atoms with Crippen LogP contribution in [0.25, 0.3) is 0 Å². The van der Waals surface area contributed by atoms with E-state index >= 15 is 0 Å². The molecule has 0 aliphatic carbocycles. The van der Waals surface area contributed by atoms with Crippen molar-refractivity contribution in [1.29, 1.82) is 0 Å². The molecule has 1 N–H and O–H groups in total. The number of fused-ring (bicyclic) bond motifs is 1. The Labute approximate surface area is 187 Å². The van der Waals surface area contributed by atoms with Gasteiger partial charge < -0.3 is 10.0 Å². The van der Waals surface area contributed by atoms with Gasteiger partial charge >= 0.3 is 0 Å². The predicted octanol–water partition coefficient (Wildman–Crippen LogP) is 5.13. The number of ketones is 1. The maximum absolute atomic E-state index is 13.4. The summed E-state index contributed by atoms with van der Waals surface area (Å²) in [6, 6.07) is 20.1. The van der Waals surface area contributed by atoms with Gasteiger partial charge in [0.05, 0.1) is 18.7 Å². The number of aliphatic hydroxyl groups is 1. The monoisotopic (exact) mass is 431 g/mol. The predicted molar refractivity (Wildman–Crippen MR) is 122 cm³/mol. The minimum absolute atomic E-state index is 0.0407. The average molecular weight is 432 g/mol. The zero-order valence-corrected chi connectivity index (χ0v) is 18.4. The van der Waals surface area contributed by atoms with Gasteiger partial charge in [0.15, 0.2) is 11.4 Å². The molecule has 1 heterocycles. The van der Waals surface area contributed by atoms with Gasteiger partial charge in [0.1, 0.15) is 5.82 Å². The highest BCUT2D eigenvalue weighted by atomic mass is 19.1. The molecule has 1 unspecified atom stereocenters. The SMILES string of the molecule is CC(C)(C)c1ccc(C(=O)CC2(O)C(=O)N(Cc3ccc(F)cc3)c3ccccc32)cc1. The van der Waals surface area contributed by atoms with E-state index in [-0.39, 0.29) is 30.0 Å². The second-order valence-corrected chi connectivity index (χ2v) is 9.32. The van der Waals surface area contributed by atoms with Gasteiger partial charge in [0, 0.05) is 11.1 Å². The van der Waals surface area contributed by atoms with Crippen LogP contribution >= 0.6 is 0 Å². The largest absolute Gasteiger partial charge is 0.375 e. The van der Waals surface area contributed by atoms with Crippen molar-refractivity contribution in [3.63, 3.8) is 0 Å². The van der Waals surface area contributed by atoms with Crippen molar-refractivity contribution in [2.45, 2.75) is 44.8 Å². The number of hydrogen-bond donors (Lipinski definition) is 1. The van der Waals surface area contributed by atoms with Crippen LogP contribution in [0.3, 0.4) is 0 Å². The van der Waals surface area contributed by atoms with Gasteiger partial charge in [0.25, 0.3) is 5.91 Å². The minimum Gasteiger partial charge on any atom is -0.375 e. The fraction of sp³-hybridized carbons (Fsp3) is 0.259. The van der Waals surface area contributed by atoms with Crippen LogP contribution in [-0.4, -0.2) is 16.8 Å². The highest BCUT2D eigenvalue weighted by Gasteiger charge is 2.50. The Hall–Kier alpha value is -3.31. The maximum atomic E-state index is 13.4. The maximum Gasteiger partial charge on any atom is 0.264 e. The van der Waals surface area contributed by atoms with E-state index in [1.165, 1.54) is 17.0 Å². The lowest BCUT2D eigenvalue weighted by molar-refractivity contribution is -0.136. The molecular formula is C27H26FNO3. The number of carbonyl (C=O) groups excluding carboxylic acids is 2. The second kappa shape index (κ2) is 7.99. The Morgan fingerprint density at radius 1 is 0.969 bits per heavy atom. The standard InChI is InChI=1S/C27H26FNO3/c1-26(2,3)20-12-10-19(11-13-20)24(30)16-27(32)22-6-4-5-7-23(22)29(25(27)31)17-18-8-14-21(28)15-9-18/h4-15,32H,16-17H2,1-3H3. The Kier molecular flexibility index (Phi) is 5.47. The van der Waals surface area contributed by atoms with E-state index in [9.17, 15) is 19.1 Å². The molecule has 0 saturated carbocycles. The zero-order valence-electron chi connectivity index (χ0n) is 18.4. The summed E-state index contributed by atoms with van der Waals surface area (Å²) in [6.07, 6.45) is -0.350. The van der Waals surface area contributed by atoms with Gasteiger partial charge in [-0.25, -0.2) is 4.39 Å². The van der Waals surface area contributed by atoms with Gasteiger partial charge in [-0.05, 0) is 34.7 Å². The normalized spacial score (nSPS) is 18.0. The third-order valence-corrected chi connectivity index (χ3v) is 5.98. The average Bonchev–Trinajstić information content (AvgIpc) is 2.97. The number of hydrogen-bond acceptors (Lipinski definition) is 3. The summed E-state index contributed by atoms with van der Waals surface area (Å²) < 4.78 is 13.3. The number of anilines is 1. The Morgan fingerprint density at radius 2 is 1.59 bits per heavy atom. The molecule has 1 aliphatic rings. The van der Waals surface area contributed by atoms with Gasteiger partial charge in [0.2, 0.25) is 0 Å². The molecule has 0 radical (unpaired) electrons. The van der Waals surface area contributed by atoms with E-state index in [2.05, 4.69) is 20.8 Å². The van der Waals surface area contributed by atoms with Crippen LogP contribution in [0.4, 0.5) is 10.1 Å². The fourth-order valence-electron chi connectivity index (χ4n) is 4.10. The number of benzene rings is 3. The van der Waals surface area contributed by atoms with E-state index in [0.717, 1.165) is 11.1 Å². The highest BCUT2D eigenvalue weighted by molar-refractivity contribution is 6.10. The summed E-state index contributed by atoms with van der Waals surface area (Å²) in [7, 11) is 0. The molecule has 0 spiro atoms. The first-order valence-corrected chi connectivity index (χ1v) is 10.6. The molecule has 4 rings (SSSR count). The van der Waals surface area contributed by atoms with Crippen molar-refractivity contribution >= 4 is 17.4 Å². The molecule has 0 saturated heterocycles. The van der Waals surface area contributed by atoms with Crippen molar-refractivity contribution in [3.8, 4) is 0 Å². The molecular weight excluding hydrogens is 405 g/mol. The first kappa shape index (κ1) is 21.9. The molecule has 0 fully saturated rings. The minimum atomic E-state index is -1.95. The van der Waals surface area contributed by atoms with Crippen LogP contribution in [0.5, 0.6) is 0 Å². The summed E-state index contributed by atoms with van der Waals surface area (Å²) in [5.74, 6) is -1.22. The van der Waals surface area contributed by atoms with Crippen molar-refractivity contribution in [2.24, 2.45) is 0 Å². The number of amides is 1. The van der Waals surface area contributed by atoms with E-state index in [1.807, 2.05) is 12.1 Å². The van der Waals surface area contributed by atoms with Crippen molar-refractivity contribution < 1.29 is 19.1 Å². The third-order valence-electron chi connectivity index (χ3n) is 5.98. The molecule has 164 valence electrons. The number of Topliss-reactive ketones (excluding diaryl/α,β-unsaturated/α-hetero) is 1. The smallest absolute Gasteiger partial charge is 0.264 e. The van der Waals surface area contributed by atoms with Crippen LogP contribution in [0.15, 0.2) is 72.8 Å². The molecule has 4 nitrogen and oxygen atoms in total. The van der Waals surface area contributed by atoms with Crippen molar-refractivity contribution in [3.05, 3.63) is 101 Å². The van der Waals surface area contributed by atoms with E-state index in [4.69, 9.17) is 0 Å². The second-order valence-electron chi connectivity index (χ2n) is 9.32. The quantitative estimate of drug-likeness (QED) is 0.570. The summed E-state index contributed by atoms with van der Waals surface area (Å²) in [5, 5.41) is 11.4. The molecule has 3 aromatic carbocycles. The fourth-order valence-corrected chi connectivity index (χ4v) is 4.10. The molecule has 3 aromatic rings. The summed E-state index contributed by atoms with van der Waals surface area (Å²) in [6.45, 7) is 6.45. The molecule has 5 heteroatoms. The number of carbonyl (C=O) groups is 2. The summed E-state index contributed by atoms with van der Waals surface area (Å²) >= 11 is 0. The molecule has 0 aromatic heterocycles. The van der Waals surface area contributed by atoms with Crippen LogP contribution in [0.1, 0.15) is 54.2 Å². The lowest BCUT2D eigenvalue weighted by Gasteiger charge is -2.23. The summed E-state index contributed by atoms with van der Waals surface area (Å²) in [5.41, 5.74) is 1.25. The van der Waals surface area contributed by atoms with Gasteiger partial charge in [-0.2, -0.15) is 0 Å². The topological polar surface area (TPSA) is 57.6 Å². The Morgan fingerprint density at radius 3 is 2.22 bits per heavy atom. The van der Waals surface area contributed by atoms with Crippen molar-refractivity contribution in [2.75, 3.05) is 4.90 Å². The van der Waals surface area contributed by atoms with Gasteiger partial charge in [-0.1, -0.05) is 75.4 Å². The number of nitrogens with zero attached hydrogens (tertiary/aromatic N) is 1. The Bertz CT molecular complexity index is 1160. The van der Waals surface area contributed by atoms with Gasteiger partial charge in [-0.3, -0.25) is 9.59 Å². The van der Waals surface area contributed by atoms with Crippen LogP contribution in [0.2, 0.25) is 0 Å². The van der Waals surface area contributed by atoms with Gasteiger partial charge in [-0.15, -0.1) is 0 Å². The van der Waals surface area contributed by atoms with E-state index in [1.54, 1.807) is 48.5 Å². The lowest BCUT2D eigenvalue weighted by atomic mass is 9.85.